The molecule has 0 saturated carbocycles. The quantitative estimate of drug-likeness (QED) is 0.311. The van der Waals surface area contributed by atoms with Gasteiger partial charge in [0, 0.05) is 12.3 Å². The second kappa shape index (κ2) is 10.3. The summed E-state index contributed by atoms with van der Waals surface area (Å²) in [5, 5.41) is 0. The van der Waals surface area contributed by atoms with Crippen molar-refractivity contribution in [3.8, 4) is 0 Å². The first-order valence-electron chi connectivity index (χ1n) is 9.25. The molecule has 0 N–H and O–H groups in total. The molecule has 5 heteroatoms. The van der Waals surface area contributed by atoms with Crippen molar-refractivity contribution < 1.29 is 23.0 Å². The number of rotatable bonds is 8. The topological polar surface area (TPSA) is 27.7 Å². The highest BCUT2D eigenvalue weighted by atomic mass is 19.2. The molecule has 0 bridgehead atoms. The van der Waals surface area contributed by atoms with Crippen LogP contribution in [0.2, 0.25) is 0 Å². The van der Waals surface area contributed by atoms with Gasteiger partial charge in [0.2, 0.25) is 0 Å². The zero-order chi connectivity index (χ0) is 19.8. The molecular weight excluding hydrogens is 350 g/mol. The van der Waals surface area contributed by atoms with Gasteiger partial charge in [-0.05, 0) is 30.9 Å². The standard InChI is InChI=1S/C22H28F2O3/c1-5-19-12-11-18(14-26-19)17-9-7-16(8-10-17)13-27-20(6-2)22(24)21(23)15(3)25-4/h5,7-10,18-19H,1,6,11-14H2,2-4H3/b21-15-,22-20-. The van der Waals surface area contributed by atoms with Crippen LogP contribution in [0.25, 0.3) is 0 Å². The second-order valence-corrected chi connectivity index (χ2v) is 6.58. The molecule has 0 radical (unpaired) electrons. The Bertz CT molecular complexity index is 684. The van der Waals surface area contributed by atoms with Gasteiger partial charge in [0.25, 0.3) is 0 Å². The van der Waals surface area contributed by atoms with E-state index in [0.717, 1.165) is 18.4 Å². The van der Waals surface area contributed by atoms with Crippen molar-refractivity contribution in [3.05, 3.63) is 71.2 Å². The Morgan fingerprint density at radius 3 is 2.44 bits per heavy atom. The van der Waals surface area contributed by atoms with Crippen molar-refractivity contribution in [2.75, 3.05) is 13.7 Å². The fourth-order valence-corrected chi connectivity index (χ4v) is 2.96. The maximum Gasteiger partial charge on any atom is 0.199 e. The maximum absolute atomic E-state index is 14.2. The van der Waals surface area contributed by atoms with Gasteiger partial charge in [0.05, 0.1) is 19.8 Å². The van der Waals surface area contributed by atoms with Crippen LogP contribution in [-0.4, -0.2) is 19.8 Å². The molecule has 0 aromatic heterocycles. The third-order valence-corrected chi connectivity index (χ3v) is 4.81. The lowest BCUT2D eigenvalue weighted by Crippen LogP contribution is -2.22. The molecule has 27 heavy (non-hydrogen) atoms. The Balaban J connectivity index is 1.99. The van der Waals surface area contributed by atoms with Gasteiger partial charge in [-0.25, -0.2) is 0 Å². The van der Waals surface area contributed by atoms with Gasteiger partial charge >= 0.3 is 0 Å². The minimum absolute atomic E-state index is 0.0240. The van der Waals surface area contributed by atoms with Gasteiger partial charge in [-0.2, -0.15) is 8.78 Å². The van der Waals surface area contributed by atoms with E-state index in [1.807, 2.05) is 30.3 Å². The average Bonchev–Trinajstić information content (AvgIpc) is 2.73. The minimum atomic E-state index is -1.03. The Labute approximate surface area is 160 Å². The number of hydrogen-bond donors (Lipinski definition) is 0. The fraction of sp³-hybridized carbons (Fsp3) is 0.455. The molecule has 1 aromatic carbocycles. The molecule has 0 aliphatic carbocycles. The maximum atomic E-state index is 14.2. The van der Waals surface area contributed by atoms with E-state index in [2.05, 4.69) is 6.58 Å². The van der Waals surface area contributed by atoms with Crippen molar-refractivity contribution in [3.63, 3.8) is 0 Å². The van der Waals surface area contributed by atoms with Crippen LogP contribution in [0.15, 0.2) is 60.1 Å². The molecule has 1 aliphatic heterocycles. The van der Waals surface area contributed by atoms with Crippen molar-refractivity contribution in [2.45, 2.75) is 51.7 Å². The zero-order valence-corrected chi connectivity index (χ0v) is 16.3. The molecule has 1 fully saturated rings. The number of ether oxygens (including phenoxy) is 3. The van der Waals surface area contributed by atoms with E-state index in [9.17, 15) is 8.78 Å². The first-order valence-corrected chi connectivity index (χ1v) is 9.25. The molecule has 2 unspecified atom stereocenters. The highest BCUT2D eigenvalue weighted by Crippen LogP contribution is 2.29. The number of hydrogen-bond acceptors (Lipinski definition) is 3. The summed E-state index contributed by atoms with van der Waals surface area (Å²) in [5.74, 6) is -1.80. The van der Waals surface area contributed by atoms with E-state index in [-0.39, 0.29) is 30.6 Å². The first-order chi connectivity index (χ1) is 13.0. The van der Waals surface area contributed by atoms with Crippen LogP contribution < -0.4 is 0 Å². The number of methoxy groups -OCH3 is 1. The molecule has 0 spiro atoms. The van der Waals surface area contributed by atoms with E-state index in [1.165, 1.54) is 19.6 Å². The van der Waals surface area contributed by atoms with Gasteiger partial charge < -0.3 is 14.2 Å². The van der Waals surface area contributed by atoms with Crippen molar-refractivity contribution in [1.82, 2.24) is 0 Å². The molecule has 2 atom stereocenters. The SMILES string of the molecule is C=CC1CCC(c2ccc(CO/C(CC)=C(F)/C(F)=C(\C)OC)cc2)CO1. The van der Waals surface area contributed by atoms with Crippen LogP contribution in [0.1, 0.15) is 50.2 Å². The van der Waals surface area contributed by atoms with Gasteiger partial charge in [-0.1, -0.05) is 37.3 Å². The summed E-state index contributed by atoms with van der Waals surface area (Å²) in [7, 11) is 1.30. The molecule has 1 saturated heterocycles. The molecule has 0 amide bonds. The van der Waals surface area contributed by atoms with Crippen LogP contribution in [0.3, 0.4) is 0 Å². The largest absolute Gasteiger partial charge is 0.498 e. The van der Waals surface area contributed by atoms with Crippen molar-refractivity contribution in [2.24, 2.45) is 0 Å². The molecule has 1 heterocycles. The second-order valence-electron chi connectivity index (χ2n) is 6.58. The van der Waals surface area contributed by atoms with E-state index in [1.54, 1.807) is 6.92 Å². The Morgan fingerprint density at radius 2 is 1.93 bits per heavy atom. The van der Waals surface area contributed by atoms with E-state index in [0.29, 0.717) is 12.5 Å². The molecule has 1 aliphatic rings. The highest BCUT2D eigenvalue weighted by molar-refractivity contribution is 5.27. The summed E-state index contributed by atoms with van der Waals surface area (Å²) >= 11 is 0. The highest BCUT2D eigenvalue weighted by Gasteiger charge is 2.21. The average molecular weight is 378 g/mol. The summed E-state index contributed by atoms with van der Waals surface area (Å²) in [6, 6.07) is 7.99. The summed E-state index contributed by atoms with van der Waals surface area (Å²) in [6.07, 6.45) is 4.28. The molecule has 2 rings (SSSR count). The zero-order valence-electron chi connectivity index (χ0n) is 16.3. The first kappa shape index (κ1) is 21.2. The minimum Gasteiger partial charge on any atom is -0.498 e. The lowest BCUT2D eigenvalue weighted by Gasteiger charge is -2.27. The Hall–Kier alpha value is -2.14. The van der Waals surface area contributed by atoms with Gasteiger partial charge in [-0.3, -0.25) is 0 Å². The van der Waals surface area contributed by atoms with Crippen LogP contribution >= 0.6 is 0 Å². The summed E-state index contributed by atoms with van der Waals surface area (Å²) in [6.45, 7) is 7.72. The fourth-order valence-electron chi connectivity index (χ4n) is 2.96. The van der Waals surface area contributed by atoms with Gasteiger partial charge in [0.15, 0.2) is 11.7 Å². The summed E-state index contributed by atoms with van der Waals surface area (Å²) < 4.78 is 44.1. The Kier molecular flexibility index (Phi) is 8.04. The van der Waals surface area contributed by atoms with Crippen LogP contribution in [0, 0.1) is 0 Å². The van der Waals surface area contributed by atoms with E-state index in [4.69, 9.17) is 14.2 Å². The smallest absolute Gasteiger partial charge is 0.199 e. The van der Waals surface area contributed by atoms with Crippen LogP contribution in [-0.2, 0) is 20.8 Å². The predicted octanol–water partition coefficient (Wildman–Crippen LogP) is 6.09. The lowest BCUT2D eigenvalue weighted by atomic mass is 9.91. The number of halogens is 2. The monoisotopic (exact) mass is 378 g/mol. The lowest BCUT2D eigenvalue weighted by molar-refractivity contribution is 0.0329. The molecule has 3 nitrogen and oxygen atoms in total. The summed E-state index contributed by atoms with van der Waals surface area (Å²) in [4.78, 5) is 0. The molecule has 148 valence electrons. The summed E-state index contributed by atoms with van der Waals surface area (Å²) in [5.41, 5.74) is 2.11. The van der Waals surface area contributed by atoms with E-state index >= 15 is 0 Å². The van der Waals surface area contributed by atoms with Gasteiger partial charge in [-0.15, -0.1) is 6.58 Å². The van der Waals surface area contributed by atoms with E-state index < -0.39 is 11.7 Å². The van der Waals surface area contributed by atoms with Crippen LogP contribution in [0.5, 0.6) is 0 Å². The predicted molar refractivity (Wildman–Crippen MR) is 102 cm³/mol. The van der Waals surface area contributed by atoms with Crippen molar-refractivity contribution >= 4 is 0 Å². The molecule has 1 aromatic rings. The Morgan fingerprint density at radius 1 is 1.22 bits per heavy atom. The van der Waals surface area contributed by atoms with Gasteiger partial charge in [0.1, 0.15) is 18.1 Å². The third kappa shape index (κ3) is 5.67. The number of benzene rings is 1. The van der Waals surface area contributed by atoms with Crippen molar-refractivity contribution in [1.29, 1.82) is 0 Å². The number of allylic oxidation sites excluding steroid dienone is 4. The molecular formula is C22H28F2O3. The normalized spacial score (nSPS) is 21.8. The third-order valence-electron chi connectivity index (χ3n) is 4.81. The van der Waals surface area contributed by atoms with Crippen LogP contribution in [0.4, 0.5) is 8.78 Å².